The molecule has 3 aliphatic carbocycles. The molecule has 6 heterocycles. The standard InChI is InChI=1S/C17H17F2N5O2S.C16H15F2N5.C15H10F2N4O.CH3ClO2S.CH5N/c1-23(27(2,25)26)9-11-5-10(8-20-22-11)17-21-15-6-13(18)14(19)7-16(15)24(17)12-3-4-12;1-19-8-10-4-9(7-20-22-10)16-21-14-5-12(17)13(18)6-15(14)23(16)11-2-3-11;16-11-4-13-14(5-12(11)17)21(10-1-2-10)15(19-13)8-3-9(7-22)20-18-6-8;1-5(2,3)4;1-2/h5-8,12H,3-4,9H2,1-2H3;4-7,11,19H,2-3,8H2,1H3;3-7,10H,1-2H2;1H3;2H2,1H3. The molecule has 0 saturated heterocycles. The van der Waals surface area contributed by atoms with Gasteiger partial charge in [-0.15, -0.1) is 5.10 Å². The van der Waals surface area contributed by atoms with Gasteiger partial charge in [-0.05, 0) is 70.8 Å². The lowest BCUT2D eigenvalue weighted by Crippen LogP contribution is -2.25. The predicted octanol–water partition coefficient (Wildman–Crippen LogP) is 8.00. The van der Waals surface area contributed by atoms with Crippen molar-refractivity contribution in [3.8, 4) is 34.2 Å². The minimum atomic E-state index is -3.36. The molecule has 0 radical (unpaired) electrons. The van der Waals surface area contributed by atoms with Gasteiger partial charge in [0.15, 0.2) is 41.2 Å². The lowest BCUT2D eigenvalue weighted by atomic mass is 10.2. The van der Waals surface area contributed by atoms with Crippen molar-refractivity contribution in [2.45, 2.75) is 69.7 Å². The fourth-order valence-electron chi connectivity index (χ4n) is 8.31. The number of nitrogens with one attached hydrogen (secondary N) is 1. The van der Waals surface area contributed by atoms with Crippen molar-refractivity contribution in [2.75, 3.05) is 33.7 Å². The molecule has 29 heteroatoms. The maximum absolute atomic E-state index is 13.7. The summed E-state index contributed by atoms with van der Waals surface area (Å²) in [5.74, 6) is -3.67. The van der Waals surface area contributed by atoms with Gasteiger partial charge in [-0.1, -0.05) is 0 Å². The van der Waals surface area contributed by atoms with Gasteiger partial charge in [0.05, 0.1) is 82.1 Å². The average molecular weight is 1150 g/mol. The number of benzene rings is 3. The van der Waals surface area contributed by atoms with Gasteiger partial charge in [-0.2, -0.15) is 29.8 Å². The van der Waals surface area contributed by atoms with Crippen LogP contribution in [-0.4, -0.2) is 120 Å². The minimum absolute atomic E-state index is 0.0621. The summed E-state index contributed by atoms with van der Waals surface area (Å²) in [6.07, 6.45) is 13.1. The fourth-order valence-corrected chi connectivity index (χ4v) is 8.68. The molecule has 6 aromatic heterocycles. The molecule has 0 amide bonds. The second-order valence-corrected chi connectivity index (χ2v) is 23.6. The number of fused-ring (bicyclic) bond motifs is 3. The number of aromatic nitrogens is 12. The monoisotopic (exact) mass is 1150 g/mol. The van der Waals surface area contributed by atoms with Crippen molar-refractivity contribution >= 4 is 69.1 Å². The Bertz CT molecular complexity index is 3960. The summed E-state index contributed by atoms with van der Waals surface area (Å²) in [4.78, 5) is 24.2. The molecular formula is C50H50ClF6N15O5S2. The summed E-state index contributed by atoms with van der Waals surface area (Å²) in [6.45, 7) is 0.653. The first-order valence-electron chi connectivity index (χ1n) is 24.1. The number of halogens is 7. The number of sulfonamides is 1. The first-order chi connectivity index (χ1) is 37.6. The molecule has 3 N–H and O–H groups in total. The zero-order chi connectivity index (χ0) is 57.1. The molecular weight excluding hydrogens is 1100 g/mol. The zero-order valence-electron chi connectivity index (χ0n) is 42.8. The molecule has 0 aliphatic heterocycles. The van der Waals surface area contributed by atoms with E-state index in [2.05, 4.69) is 67.3 Å². The van der Waals surface area contributed by atoms with Crippen LogP contribution < -0.4 is 11.1 Å². The minimum Gasteiger partial charge on any atom is -0.333 e. The summed E-state index contributed by atoms with van der Waals surface area (Å²) in [5.41, 5.74) is 10.8. The maximum Gasteiger partial charge on any atom is 0.229 e. The Labute approximate surface area is 452 Å². The van der Waals surface area contributed by atoms with Crippen LogP contribution in [0.4, 0.5) is 26.3 Å². The van der Waals surface area contributed by atoms with Gasteiger partial charge < -0.3 is 24.8 Å². The summed E-state index contributed by atoms with van der Waals surface area (Å²) < 4.78 is 130. The lowest BCUT2D eigenvalue weighted by Gasteiger charge is -2.13. The van der Waals surface area contributed by atoms with E-state index in [1.165, 1.54) is 32.6 Å². The first-order valence-corrected chi connectivity index (χ1v) is 28.7. The number of imidazole rings is 3. The van der Waals surface area contributed by atoms with Crippen LogP contribution in [0, 0.1) is 34.9 Å². The Balaban J connectivity index is 0.000000148. The van der Waals surface area contributed by atoms with Gasteiger partial charge in [0.1, 0.15) is 23.2 Å². The molecule has 3 aromatic carbocycles. The second-order valence-electron chi connectivity index (χ2n) is 18.5. The van der Waals surface area contributed by atoms with Gasteiger partial charge in [-0.3, -0.25) is 4.79 Å². The Morgan fingerprint density at radius 2 is 0.911 bits per heavy atom. The number of aldehydes is 1. The third kappa shape index (κ3) is 13.9. The second kappa shape index (κ2) is 23.9. The molecule has 12 rings (SSSR count). The van der Waals surface area contributed by atoms with E-state index in [1.54, 1.807) is 18.3 Å². The number of carbonyl (C=O) groups is 1. The largest absolute Gasteiger partial charge is 0.333 e. The van der Waals surface area contributed by atoms with Gasteiger partial charge in [0.25, 0.3) is 0 Å². The van der Waals surface area contributed by atoms with E-state index in [0.29, 0.717) is 80.2 Å². The molecule has 79 heavy (non-hydrogen) atoms. The van der Waals surface area contributed by atoms with Crippen LogP contribution in [0.1, 0.15) is 78.5 Å². The van der Waals surface area contributed by atoms with Crippen LogP contribution in [-0.2, 0) is 32.2 Å². The van der Waals surface area contributed by atoms with E-state index in [9.17, 15) is 48.0 Å². The van der Waals surface area contributed by atoms with Crippen molar-refractivity contribution < 1.29 is 48.0 Å². The van der Waals surface area contributed by atoms with E-state index in [0.717, 1.165) is 96.9 Å². The number of nitrogens with zero attached hydrogens (tertiary/aromatic N) is 13. The van der Waals surface area contributed by atoms with Crippen molar-refractivity contribution in [1.82, 2.24) is 68.9 Å². The lowest BCUT2D eigenvalue weighted by molar-refractivity contribution is 0.111. The molecule has 0 bridgehead atoms. The summed E-state index contributed by atoms with van der Waals surface area (Å²) in [7, 11) is 2.73. The number of rotatable bonds is 12. The number of carbonyl (C=O) groups excluding carboxylic acids is 1. The van der Waals surface area contributed by atoms with Gasteiger partial charge in [0.2, 0.25) is 19.1 Å². The van der Waals surface area contributed by atoms with E-state index in [-0.39, 0.29) is 30.4 Å². The Hall–Kier alpha value is -7.37. The Morgan fingerprint density at radius 3 is 1.25 bits per heavy atom. The van der Waals surface area contributed by atoms with E-state index in [1.807, 2.05) is 26.8 Å². The Kier molecular flexibility index (Phi) is 17.5. The van der Waals surface area contributed by atoms with Crippen LogP contribution in [0.15, 0.2) is 73.2 Å². The SMILES string of the molecule is CN.CN(Cc1cc(-c2nc3cc(F)c(F)cc3n2C2CC2)cnn1)S(C)(=O)=O.CNCc1cc(-c2nc3cc(F)c(F)cc3n2C2CC2)cnn1.CS(=O)(=O)Cl.O=Cc1cc(-c2nc3cc(F)c(F)cc3n2C2CC2)cnn1. The highest BCUT2D eigenvalue weighted by molar-refractivity contribution is 8.13. The predicted molar refractivity (Wildman–Crippen MR) is 282 cm³/mol. The molecule has 9 aromatic rings. The van der Waals surface area contributed by atoms with Gasteiger partial charge >= 0.3 is 0 Å². The third-order valence-electron chi connectivity index (χ3n) is 12.2. The van der Waals surface area contributed by atoms with Gasteiger partial charge in [-0.25, -0.2) is 58.1 Å². The van der Waals surface area contributed by atoms with E-state index >= 15 is 0 Å². The quantitative estimate of drug-likeness (QED) is 0.0667. The van der Waals surface area contributed by atoms with Crippen LogP contribution in [0.5, 0.6) is 0 Å². The van der Waals surface area contributed by atoms with Crippen molar-refractivity contribution in [1.29, 1.82) is 0 Å². The van der Waals surface area contributed by atoms with Crippen LogP contribution in [0.3, 0.4) is 0 Å². The summed E-state index contributed by atoms with van der Waals surface area (Å²) in [6, 6.07) is 12.7. The molecule has 0 atom stereocenters. The number of hydrogen-bond donors (Lipinski definition) is 2. The van der Waals surface area contributed by atoms with E-state index < -0.39 is 54.0 Å². The van der Waals surface area contributed by atoms with Crippen LogP contribution in [0.25, 0.3) is 67.3 Å². The summed E-state index contributed by atoms with van der Waals surface area (Å²) >= 11 is 0. The highest BCUT2D eigenvalue weighted by Gasteiger charge is 2.32. The molecule has 416 valence electrons. The summed E-state index contributed by atoms with van der Waals surface area (Å²) in [5, 5.41) is 26.5. The van der Waals surface area contributed by atoms with Crippen molar-refractivity contribution in [3.63, 3.8) is 0 Å². The zero-order valence-corrected chi connectivity index (χ0v) is 45.2. The average Bonchev–Trinajstić information content (AvgIpc) is 4.55. The smallest absolute Gasteiger partial charge is 0.229 e. The molecule has 3 saturated carbocycles. The fraction of sp³-hybridized carbons (Fsp3) is 0.320. The molecule has 20 nitrogen and oxygen atoms in total. The first kappa shape index (κ1) is 57.8. The third-order valence-corrected chi connectivity index (χ3v) is 13.5. The molecule has 0 unspecified atom stereocenters. The molecule has 3 fully saturated rings. The highest BCUT2D eigenvalue weighted by Crippen LogP contribution is 2.44. The van der Waals surface area contributed by atoms with Crippen LogP contribution in [0.2, 0.25) is 0 Å². The van der Waals surface area contributed by atoms with Crippen molar-refractivity contribution in [2.24, 2.45) is 5.73 Å². The van der Waals surface area contributed by atoms with Gasteiger partial charge in [0, 0.05) is 95.5 Å². The Morgan fingerprint density at radius 1 is 0.582 bits per heavy atom. The van der Waals surface area contributed by atoms with Crippen LogP contribution >= 0.6 is 10.7 Å². The number of nitrogens with two attached hydrogens (primary N) is 1. The normalized spacial score (nSPS) is 14.2. The topological polar surface area (TPSA) is 257 Å². The molecule has 0 spiro atoms. The molecule has 3 aliphatic rings. The van der Waals surface area contributed by atoms with Crippen molar-refractivity contribution in [3.05, 3.63) is 125 Å². The van der Waals surface area contributed by atoms with E-state index in [4.69, 9.17) is 0 Å². The number of hydrogen-bond acceptors (Lipinski definition) is 16. The maximum atomic E-state index is 13.7. The highest BCUT2D eigenvalue weighted by atomic mass is 35.7.